The van der Waals surface area contributed by atoms with Crippen LogP contribution in [0.5, 0.6) is 0 Å². The Morgan fingerprint density at radius 2 is 2.06 bits per heavy atom. The number of aromatic nitrogens is 3. The zero-order chi connectivity index (χ0) is 12.8. The number of nitrogens with one attached hydrogen (secondary N) is 1. The second-order valence-corrected chi connectivity index (χ2v) is 3.95. The summed E-state index contributed by atoms with van der Waals surface area (Å²) in [6.07, 6.45) is 0.0974. The van der Waals surface area contributed by atoms with Gasteiger partial charge < -0.3 is 15.2 Å². The van der Waals surface area contributed by atoms with E-state index in [9.17, 15) is 5.11 Å². The smallest absolute Gasteiger partial charge is 0.243 e. The third-order valence-corrected chi connectivity index (χ3v) is 2.48. The molecular weight excluding hydrogens is 232 g/mol. The van der Waals surface area contributed by atoms with Crippen LogP contribution in [-0.2, 0) is 4.74 Å². The molecule has 18 heavy (non-hydrogen) atoms. The minimum absolute atomic E-state index is 0.332. The summed E-state index contributed by atoms with van der Waals surface area (Å²) in [5, 5.41) is 20.5. The first-order chi connectivity index (χ1) is 8.79. The summed E-state index contributed by atoms with van der Waals surface area (Å²) >= 11 is 0. The Kier molecular flexibility index (Phi) is 4.38. The average molecular weight is 248 g/mol. The van der Waals surface area contributed by atoms with E-state index in [2.05, 4.69) is 20.5 Å². The largest absolute Gasteiger partial charge is 0.391 e. The van der Waals surface area contributed by atoms with Gasteiger partial charge in [0, 0.05) is 13.7 Å². The number of para-hydroxylation sites is 1. The van der Waals surface area contributed by atoms with Crippen molar-refractivity contribution < 1.29 is 9.84 Å². The van der Waals surface area contributed by atoms with E-state index in [1.807, 2.05) is 24.3 Å². The van der Waals surface area contributed by atoms with Gasteiger partial charge in [-0.3, -0.25) is 0 Å². The van der Waals surface area contributed by atoms with Gasteiger partial charge in [0.15, 0.2) is 0 Å². The SMILES string of the molecule is COCC(O)CCNc1nnc2ccccc2n1. The molecule has 0 saturated carbocycles. The Bertz CT molecular complexity index is 506. The zero-order valence-corrected chi connectivity index (χ0v) is 10.2. The maximum absolute atomic E-state index is 9.48. The molecule has 0 bridgehead atoms. The monoisotopic (exact) mass is 248 g/mol. The first-order valence-corrected chi connectivity index (χ1v) is 5.80. The number of anilines is 1. The minimum atomic E-state index is -0.476. The van der Waals surface area contributed by atoms with Gasteiger partial charge in [-0.15, -0.1) is 10.2 Å². The van der Waals surface area contributed by atoms with Crippen molar-refractivity contribution in [2.24, 2.45) is 0 Å². The van der Waals surface area contributed by atoms with Crippen molar-refractivity contribution in [2.45, 2.75) is 12.5 Å². The molecule has 0 fully saturated rings. The zero-order valence-electron chi connectivity index (χ0n) is 10.2. The number of fused-ring (bicyclic) bond motifs is 1. The number of aliphatic hydroxyl groups excluding tert-OH is 1. The molecule has 0 saturated heterocycles. The molecule has 1 aromatic heterocycles. The Morgan fingerprint density at radius 3 is 2.83 bits per heavy atom. The van der Waals surface area contributed by atoms with Crippen LogP contribution in [0.2, 0.25) is 0 Å². The van der Waals surface area contributed by atoms with Crippen molar-refractivity contribution in [3.8, 4) is 0 Å². The van der Waals surface area contributed by atoms with E-state index in [-0.39, 0.29) is 0 Å². The number of nitrogens with zero attached hydrogens (tertiary/aromatic N) is 3. The standard InChI is InChI=1S/C12H16N4O2/c1-18-8-9(17)6-7-13-12-14-10-4-2-3-5-11(10)15-16-12/h2-5,9,17H,6-8H2,1H3,(H,13,14,16). The molecule has 1 aromatic carbocycles. The van der Waals surface area contributed by atoms with Crippen LogP contribution >= 0.6 is 0 Å². The third kappa shape index (κ3) is 3.35. The molecule has 96 valence electrons. The molecule has 2 N–H and O–H groups in total. The summed E-state index contributed by atoms with van der Waals surface area (Å²) < 4.78 is 4.84. The number of benzene rings is 1. The van der Waals surface area contributed by atoms with Gasteiger partial charge in [0.25, 0.3) is 0 Å². The number of ether oxygens (including phenoxy) is 1. The molecule has 0 amide bonds. The molecule has 6 nitrogen and oxygen atoms in total. The predicted octanol–water partition coefficient (Wildman–Crippen LogP) is 0.834. The van der Waals surface area contributed by atoms with Gasteiger partial charge in [0.2, 0.25) is 5.95 Å². The summed E-state index contributed by atoms with van der Waals surface area (Å²) in [6.45, 7) is 0.906. The van der Waals surface area contributed by atoms with Gasteiger partial charge in [-0.05, 0) is 18.6 Å². The van der Waals surface area contributed by atoms with Gasteiger partial charge in [-0.1, -0.05) is 12.1 Å². The van der Waals surface area contributed by atoms with Crippen molar-refractivity contribution in [3.05, 3.63) is 24.3 Å². The molecule has 1 atom stereocenters. The number of rotatable bonds is 6. The van der Waals surface area contributed by atoms with E-state index in [1.54, 1.807) is 7.11 Å². The van der Waals surface area contributed by atoms with E-state index in [0.717, 1.165) is 11.0 Å². The number of aliphatic hydroxyl groups is 1. The van der Waals surface area contributed by atoms with Gasteiger partial charge in [0.1, 0.15) is 5.52 Å². The van der Waals surface area contributed by atoms with Crippen molar-refractivity contribution in [1.29, 1.82) is 0 Å². The van der Waals surface area contributed by atoms with Gasteiger partial charge in [0.05, 0.1) is 18.2 Å². The Labute approximate surface area is 105 Å². The first kappa shape index (κ1) is 12.7. The third-order valence-electron chi connectivity index (χ3n) is 2.48. The van der Waals surface area contributed by atoms with Gasteiger partial charge in [-0.2, -0.15) is 0 Å². The Balaban J connectivity index is 1.91. The second kappa shape index (κ2) is 6.23. The topological polar surface area (TPSA) is 80.2 Å². The molecule has 6 heteroatoms. The highest BCUT2D eigenvalue weighted by Gasteiger charge is 2.04. The highest BCUT2D eigenvalue weighted by molar-refractivity contribution is 5.73. The first-order valence-electron chi connectivity index (χ1n) is 5.80. The number of hydrogen-bond donors (Lipinski definition) is 2. The number of methoxy groups -OCH3 is 1. The number of hydrogen-bond acceptors (Lipinski definition) is 6. The van der Waals surface area contributed by atoms with Crippen molar-refractivity contribution in [1.82, 2.24) is 15.2 Å². The van der Waals surface area contributed by atoms with Gasteiger partial charge >= 0.3 is 0 Å². The highest BCUT2D eigenvalue weighted by Crippen LogP contribution is 2.08. The fourth-order valence-corrected chi connectivity index (χ4v) is 1.58. The van der Waals surface area contributed by atoms with E-state index in [4.69, 9.17) is 4.74 Å². The van der Waals surface area contributed by atoms with Crippen LogP contribution in [0.1, 0.15) is 6.42 Å². The summed E-state index contributed by atoms with van der Waals surface area (Å²) in [4.78, 5) is 4.32. The molecule has 2 aromatic rings. The maximum Gasteiger partial charge on any atom is 0.243 e. The fourth-order valence-electron chi connectivity index (χ4n) is 1.58. The van der Waals surface area contributed by atoms with Crippen LogP contribution in [0.3, 0.4) is 0 Å². The lowest BCUT2D eigenvalue weighted by Crippen LogP contribution is -2.19. The van der Waals surface area contributed by atoms with E-state index < -0.39 is 6.10 Å². The van der Waals surface area contributed by atoms with E-state index in [1.165, 1.54) is 0 Å². The van der Waals surface area contributed by atoms with Crippen molar-refractivity contribution in [3.63, 3.8) is 0 Å². The molecule has 0 aliphatic rings. The molecule has 0 aliphatic carbocycles. The lowest BCUT2D eigenvalue weighted by Gasteiger charge is -2.09. The molecular formula is C12H16N4O2. The van der Waals surface area contributed by atoms with Crippen molar-refractivity contribution in [2.75, 3.05) is 25.6 Å². The van der Waals surface area contributed by atoms with Crippen LogP contribution in [-0.4, -0.2) is 46.7 Å². The predicted molar refractivity (Wildman–Crippen MR) is 68.3 cm³/mol. The average Bonchev–Trinajstić information content (AvgIpc) is 2.39. The molecule has 0 spiro atoms. The lowest BCUT2D eigenvalue weighted by molar-refractivity contribution is 0.0615. The molecule has 1 unspecified atom stereocenters. The molecule has 0 aliphatic heterocycles. The van der Waals surface area contributed by atoms with Crippen LogP contribution < -0.4 is 5.32 Å². The van der Waals surface area contributed by atoms with E-state index >= 15 is 0 Å². The van der Waals surface area contributed by atoms with E-state index in [0.29, 0.717) is 25.5 Å². The maximum atomic E-state index is 9.48. The molecule has 2 rings (SSSR count). The Morgan fingerprint density at radius 1 is 1.28 bits per heavy atom. The second-order valence-electron chi connectivity index (χ2n) is 3.95. The summed E-state index contributed by atoms with van der Waals surface area (Å²) in [7, 11) is 1.56. The van der Waals surface area contributed by atoms with Gasteiger partial charge in [-0.25, -0.2) is 4.98 Å². The van der Waals surface area contributed by atoms with Crippen LogP contribution in [0.4, 0.5) is 5.95 Å². The minimum Gasteiger partial charge on any atom is -0.391 e. The Hall–Kier alpha value is -1.79. The fraction of sp³-hybridized carbons (Fsp3) is 0.417. The summed E-state index contributed by atoms with van der Waals surface area (Å²) in [5.74, 6) is 0.471. The lowest BCUT2D eigenvalue weighted by atomic mass is 10.3. The normalized spacial score (nSPS) is 12.6. The summed E-state index contributed by atoms with van der Waals surface area (Å²) in [5.41, 5.74) is 1.56. The quantitative estimate of drug-likeness (QED) is 0.788. The van der Waals surface area contributed by atoms with Crippen LogP contribution in [0, 0.1) is 0 Å². The highest BCUT2D eigenvalue weighted by atomic mass is 16.5. The van der Waals surface area contributed by atoms with Crippen LogP contribution in [0.25, 0.3) is 11.0 Å². The van der Waals surface area contributed by atoms with Crippen LogP contribution in [0.15, 0.2) is 24.3 Å². The molecule has 1 heterocycles. The summed E-state index contributed by atoms with van der Waals surface area (Å²) in [6, 6.07) is 7.55. The van der Waals surface area contributed by atoms with Crippen molar-refractivity contribution >= 4 is 17.0 Å². The molecule has 0 radical (unpaired) electrons.